The first-order valence-electron chi connectivity index (χ1n) is 7.18. The van der Waals surface area contributed by atoms with Crippen molar-refractivity contribution in [2.24, 2.45) is 0 Å². The number of halogens is 3. The van der Waals surface area contributed by atoms with Crippen LogP contribution in [-0.4, -0.2) is 36.4 Å². The van der Waals surface area contributed by atoms with Crippen molar-refractivity contribution in [2.75, 3.05) is 31.1 Å². The van der Waals surface area contributed by atoms with Crippen LogP contribution in [0, 0.1) is 0 Å². The molecule has 1 aromatic carbocycles. The SMILES string of the molecule is FC(F)(F)c1cccc(Cc2[nH]ncc2N2CCNCC2)c1. The van der Waals surface area contributed by atoms with Crippen LogP contribution in [0.2, 0.25) is 0 Å². The monoisotopic (exact) mass is 310 g/mol. The Morgan fingerprint density at radius 3 is 2.68 bits per heavy atom. The van der Waals surface area contributed by atoms with E-state index in [2.05, 4.69) is 20.4 Å². The molecule has 1 saturated heterocycles. The second kappa shape index (κ2) is 6.00. The van der Waals surface area contributed by atoms with E-state index in [1.54, 1.807) is 12.3 Å². The topological polar surface area (TPSA) is 44.0 Å². The summed E-state index contributed by atoms with van der Waals surface area (Å²) >= 11 is 0. The van der Waals surface area contributed by atoms with Crippen molar-refractivity contribution in [3.63, 3.8) is 0 Å². The van der Waals surface area contributed by atoms with Gasteiger partial charge in [-0.25, -0.2) is 0 Å². The Morgan fingerprint density at radius 2 is 1.95 bits per heavy atom. The molecule has 7 heteroatoms. The summed E-state index contributed by atoms with van der Waals surface area (Å²) in [5.74, 6) is 0. The van der Waals surface area contributed by atoms with Crippen LogP contribution in [0.15, 0.2) is 30.5 Å². The van der Waals surface area contributed by atoms with Gasteiger partial charge in [0.05, 0.1) is 23.1 Å². The minimum Gasteiger partial charge on any atom is -0.366 e. The van der Waals surface area contributed by atoms with Crippen LogP contribution in [0.4, 0.5) is 18.9 Å². The molecule has 22 heavy (non-hydrogen) atoms. The van der Waals surface area contributed by atoms with E-state index in [-0.39, 0.29) is 0 Å². The number of anilines is 1. The molecule has 0 unspecified atom stereocenters. The number of rotatable bonds is 3. The summed E-state index contributed by atoms with van der Waals surface area (Å²) in [6, 6.07) is 5.44. The van der Waals surface area contributed by atoms with Gasteiger partial charge < -0.3 is 10.2 Å². The van der Waals surface area contributed by atoms with Crippen molar-refractivity contribution in [3.8, 4) is 0 Å². The minimum atomic E-state index is -4.31. The van der Waals surface area contributed by atoms with E-state index >= 15 is 0 Å². The van der Waals surface area contributed by atoms with Gasteiger partial charge in [-0.05, 0) is 11.6 Å². The maximum Gasteiger partial charge on any atom is 0.416 e. The average Bonchev–Trinajstić information content (AvgIpc) is 2.96. The molecule has 0 radical (unpaired) electrons. The van der Waals surface area contributed by atoms with E-state index in [1.807, 2.05) is 0 Å². The van der Waals surface area contributed by atoms with Crippen molar-refractivity contribution in [3.05, 3.63) is 47.3 Å². The maximum atomic E-state index is 12.8. The maximum absolute atomic E-state index is 12.8. The highest BCUT2D eigenvalue weighted by atomic mass is 19.4. The van der Waals surface area contributed by atoms with E-state index in [0.29, 0.717) is 12.0 Å². The predicted molar refractivity (Wildman–Crippen MR) is 77.9 cm³/mol. The van der Waals surface area contributed by atoms with Crippen molar-refractivity contribution >= 4 is 5.69 Å². The lowest BCUT2D eigenvalue weighted by Gasteiger charge is -2.29. The highest BCUT2D eigenvalue weighted by Gasteiger charge is 2.30. The van der Waals surface area contributed by atoms with Crippen LogP contribution in [-0.2, 0) is 12.6 Å². The van der Waals surface area contributed by atoms with Gasteiger partial charge in [-0.3, -0.25) is 5.10 Å². The number of nitrogens with zero attached hydrogens (tertiary/aromatic N) is 2. The standard InChI is InChI=1S/C15H17F3N4/c16-15(17,18)12-3-1-2-11(8-12)9-13-14(10-20-21-13)22-6-4-19-5-7-22/h1-3,8,10,19H,4-7,9H2,(H,20,21). The molecule has 2 N–H and O–H groups in total. The number of nitrogens with one attached hydrogen (secondary N) is 2. The van der Waals surface area contributed by atoms with Gasteiger partial charge in [0.2, 0.25) is 0 Å². The molecule has 0 atom stereocenters. The zero-order chi connectivity index (χ0) is 15.6. The molecule has 1 aromatic heterocycles. The van der Waals surface area contributed by atoms with Crippen LogP contribution in [0.5, 0.6) is 0 Å². The Bertz CT molecular complexity index is 630. The fraction of sp³-hybridized carbons (Fsp3) is 0.400. The molecule has 118 valence electrons. The number of piperazine rings is 1. The molecule has 0 aliphatic carbocycles. The Labute approximate surface area is 126 Å². The fourth-order valence-electron chi connectivity index (χ4n) is 2.68. The lowest BCUT2D eigenvalue weighted by Crippen LogP contribution is -2.43. The smallest absolute Gasteiger partial charge is 0.366 e. The summed E-state index contributed by atoms with van der Waals surface area (Å²) in [7, 11) is 0. The van der Waals surface area contributed by atoms with Gasteiger partial charge in [-0.1, -0.05) is 18.2 Å². The number of hydrogen-bond acceptors (Lipinski definition) is 3. The zero-order valence-corrected chi connectivity index (χ0v) is 12.0. The number of aromatic nitrogens is 2. The van der Waals surface area contributed by atoms with Crippen molar-refractivity contribution in [2.45, 2.75) is 12.6 Å². The second-order valence-corrected chi connectivity index (χ2v) is 5.35. The van der Waals surface area contributed by atoms with Crippen LogP contribution in [0.25, 0.3) is 0 Å². The van der Waals surface area contributed by atoms with E-state index in [9.17, 15) is 13.2 Å². The van der Waals surface area contributed by atoms with Gasteiger partial charge in [0.1, 0.15) is 0 Å². The minimum absolute atomic E-state index is 0.406. The Balaban J connectivity index is 1.81. The summed E-state index contributed by atoms with van der Waals surface area (Å²) < 4.78 is 38.3. The number of alkyl halides is 3. The number of H-pyrrole nitrogens is 1. The molecule has 0 bridgehead atoms. The van der Waals surface area contributed by atoms with Crippen LogP contribution < -0.4 is 10.2 Å². The Kier molecular flexibility index (Phi) is 4.06. The first-order chi connectivity index (χ1) is 10.5. The normalized spacial score (nSPS) is 16.0. The first kappa shape index (κ1) is 14.9. The largest absolute Gasteiger partial charge is 0.416 e. The summed E-state index contributed by atoms with van der Waals surface area (Å²) in [5, 5.41) is 10.2. The second-order valence-electron chi connectivity index (χ2n) is 5.35. The van der Waals surface area contributed by atoms with Gasteiger partial charge in [0.15, 0.2) is 0 Å². The lowest BCUT2D eigenvalue weighted by molar-refractivity contribution is -0.137. The van der Waals surface area contributed by atoms with Gasteiger partial charge in [0.25, 0.3) is 0 Å². The van der Waals surface area contributed by atoms with E-state index in [4.69, 9.17) is 0 Å². The third-order valence-corrected chi connectivity index (χ3v) is 3.79. The van der Waals surface area contributed by atoms with Crippen LogP contribution >= 0.6 is 0 Å². The van der Waals surface area contributed by atoms with Gasteiger partial charge in [-0.15, -0.1) is 0 Å². The molecule has 0 saturated carbocycles. The third-order valence-electron chi connectivity index (χ3n) is 3.79. The molecule has 2 heterocycles. The zero-order valence-electron chi connectivity index (χ0n) is 12.0. The van der Waals surface area contributed by atoms with E-state index in [1.165, 1.54) is 12.1 Å². The Hall–Kier alpha value is -2.02. The quantitative estimate of drug-likeness (QED) is 0.915. The summed E-state index contributed by atoms with van der Waals surface area (Å²) in [6.07, 6.45) is -2.16. The Morgan fingerprint density at radius 1 is 1.18 bits per heavy atom. The molecule has 1 fully saturated rings. The molecule has 4 nitrogen and oxygen atoms in total. The first-order valence-corrected chi connectivity index (χ1v) is 7.18. The van der Waals surface area contributed by atoms with Gasteiger partial charge in [0, 0.05) is 32.6 Å². The highest BCUT2D eigenvalue weighted by Crippen LogP contribution is 2.30. The van der Waals surface area contributed by atoms with Gasteiger partial charge in [-0.2, -0.15) is 18.3 Å². The number of hydrogen-bond donors (Lipinski definition) is 2. The van der Waals surface area contributed by atoms with E-state index in [0.717, 1.165) is 43.6 Å². The summed E-state index contributed by atoms with van der Waals surface area (Å²) in [5.41, 5.74) is 1.82. The molecule has 1 aliphatic heterocycles. The summed E-state index contributed by atoms with van der Waals surface area (Å²) in [6.45, 7) is 3.53. The van der Waals surface area contributed by atoms with Crippen molar-refractivity contribution in [1.82, 2.24) is 15.5 Å². The average molecular weight is 310 g/mol. The molecule has 0 amide bonds. The van der Waals surface area contributed by atoms with Crippen molar-refractivity contribution in [1.29, 1.82) is 0 Å². The molecule has 3 rings (SSSR count). The third kappa shape index (κ3) is 3.24. The molecular formula is C15H17F3N4. The van der Waals surface area contributed by atoms with Crippen LogP contribution in [0.1, 0.15) is 16.8 Å². The predicted octanol–water partition coefficient (Wildman–Crippen LogP) is 2.43. The number of aromatic amines is 1. The molecule has 2 aromatic rings. The molecule has 1 aliphatic rings. The van der Waals surface area contributed by atoms with Crippen molar-refractivity contribution < 1.29 is 13.2 Å². The fourth-order valence-corrected chi connectivity index (χ4v) is 2.68. The highest BCUT2D eigenvalue weighted by molar-refractivity contribution is 5.51. The molecule has 0 spiro atoms. The van der Waals surface area contributed by atoms with Gasteiger partial charge >= 0.3 is 6.18 Å². The van der Waals surface area contributed by atoms with Crippen LogP contribution in [0.3, 0.4) is 0 Å². The van der Waals surface area contributed by atoms with E-state index < -0.39 is 11.7 Å². The number of benzene rings is 1. The lowest BCUT2D eigenvalue weighted by atomic mass is 10.1. The summed E-state index contributed by atoms with van der Waals surface area (Å²) in [4.78, 5) is 2.20. The molecular weight excluding hydrogens is 293 g/mol.